The summed E-state index contributed by atoms with van der Waals surface area (Å²) in [5.41, 5.74) is 13.9. The third kappa shape index (κ3) is 4.03. The van der Waals surface area contributed by atoms with Crippen LogP contribution in [0, 0.1) is 6.92 Å². The molecule has 0 unspecified atom stereocenters. The minimum absolute atomic E-state index is 0.00162. The molecule has 9 nitrogen and oxygen atoms in total. The zero-order valence-corrected chi connectivity index (χ0v) is 18.3. The summed E-state index contributed by atoms with van der Waals surface area (Å²) in [4.78, 5) is 32.4. The molecule has 0 aliphatic heterocycles. The first-order valence-electron chi connectivity index (χ1n) is 10.4. The number of hydrogen-bond donors (Lipinski definition) is 2. The second-order valence-corrected chi connectivity index (χ2v) is 7.34. The number of para-hydroxylation sites is 2. The molecule has 1 amide bonds. The summed E-state index contributed by atoms with van der Waals surface area (Å²) in [6.45, 7) is 4.01. The van der Waals surface area contributed by atoms with E-state index in [1.54, 1.807) is 23.0 Å². The van der Waals surface area contributed by atoms with Gasteiger partial charge in [0.2, 0.25) is 0 Å². The highest BCUT2D eigenvalue weighted by molar-refractivity contribution is 6.03. The number of fused-ring (bicyclic) bond motifs is 2. The molecule has 5 aromatic rings. The first-order chi connectivity index (χ1) is 15.9. The standard InChI is InChI=1S/C17H16N2O.C7H7N5O/c1-3-15-18-16-12(2)8-7-11-14(16)17(20)19(15)13-9-5-4-6-10-13;8-5-4(6(9)13)7-10-2-1-3-12(7)11-5/h4-11H,3H2,1-2H3;1-3H,(H2,8,11)(H2,9,13). The fourth-order valence-electron chi connectivity index (χ4n) is 3.62. The molecule has 4 N–H and O–H groups in total. The normalized spacial score (nSPS) is 10.7. The molecule has 0 saturated carbocycles. The first-order valence-corrected chi connectivity index (χ1v) is 10.4. The molecule has 0 aliphatic rings. The van der Waals surface area contributed by atoms with Gasteiger partial charge in [-0.05, 0) is 36.8 Å². The smallest absolute Gasteiger partial charge is 0.265 e. The Bertz CT molecular complexity index is 1520. The number of carbonyl (C=O) groups is 1. The van der Waals surface area contributed by atoms with E-state index in [2.05, 4.69) is 10.1 Å². The number of rotatable bonds is 3. The number of nitrogens with two attached hydrogens (primary N) is 2. The lowest BCUT2D eigenvalue weighted by Crippen LogP contribution is -2.23. The summed E-state index contributed by atoms with van der Waals surface area (Å²) in [7, 11) is 0. The first kappa shape index (κ1) is 21.7. The molecule has 0 spiro atoms. The van der Waals surface area contributed by atoms with Gasteiger partial charge < -0.3 is 11.5 Å². The second kappa shape index (κ2) is 8.91. The van der Waals surface area contributed by atoms with Gasteiger partial charge in [-0.15, -0.1) is 5.10 Å². The Balaban J connectivity index is 0.000000172. The monoisotopic (exact) mass is 441 g/mol. The van der Waals surface area contributed by atoms with Gasteiger partial charge in [0.05, 0.1) is 16.6 Å². The molecule has 9 heteroatoms. The Labute approximate surface area is 189 Å². The van der Waals surface area contributed by atoms with Gasteiger partial charge in [-0.25, -0.2) is 14.5 Å². The Morgan fingerprint density at radius 2 is 1.82 bits per heavy atom. The Morgan fingerprint density at radius 3 is 2.52 bits per heavy atom. The number of hydrogen-bond acceptors (Lipinski definition) is 6. The van der Waals surface area contributed by atoms with Crippen molar-refractivity contribution in [3.63, 3.8) is 0 Å². The maximum Gasteiger partial charge on any atom is 0.265 e. The fourth-order valence-corrected chi connectivity index (χ4v) is 3.62. The fraction of sp³-hybridized carbons (Fsp3) is 0.125. The van der Waals surface area contributed by atoms with Crippen LogP contribution in [0.4, 0.5) is 5.82 Å². The van der Waals surface area contributed by atoms with E-state index in [0.717, 1.165) is 22.6 Å². The largest absolute Gasteiger partial charge is 0.381 e. The van der Waals surface area contributed by atoms with Gasteiger partial charge in [0.1, 0.15) is 11.4 Å². The van der Waals surface area contributed by atoms with Crippen LogP contribution in [0.2, 0.25) is 0 Å². The third-order valence-electron chi connectivity index (χ3n) is 5.17. The molecule has 166 valence electrons. The third-order valence-corrected chi connectivity index (χ3v) is 5.17. The molecule has 5 rings (SSSR count). The zero-order valence-electron chi connectivity index (χ0n) is 18.3. The molecule has 3 aromatic heterocycles. The van der Waals surface area contributed by atoms with Crippen molar-refractivity contribution in [3.05, 3.63) is 94.3 Å². The van der Waals surface area contributed by atoms with Crippen LogP contribution >= 0.6 is 0 Å². The number of anilines is 1. The Morgan fingerprint density at radius 1 is 1.06 bits per heavy atom. The molecule has 0 bridgehead atoms. The molecular weight excluding hydrogens is 418 g/mol. The maximum absolute atomic E-state index is 12.8. The van der Waals surface area contributed by atoms with Crippen LogP contribution in [-0.4, -0.2) is 30.1 Å². The van der Waals surface area contributed by atoms with E-state index >= 15 is 0 Å². The van der Waals surface area contributed by atoms with Crippen molar-refractivity contribution in [1.29, 1.82) is 0 Å². The Hall–Kier alpha value is -4.53. The van der Waals surface area contributed by atoms with E-state index in [0.29, 0.717) is 17.5 Å². The number of nitrogens with zero attached hydrogens (tertiary/aromatic N) is 5. The molecular formula is C24H23N7O2. The Kier molecular flexibility index (Phi) is 5.86. The van der Waals surface area contributed by atoms with Gasteiger partial charge >= 0.3 is 0 Å². The summed E-state index contributed by atoms with van der Waals surface area (Å²) in [5.74, 6) is 0.278. The van der Waals surface area contributed by atoms with E-state index in [4.69, 9.17) is 16.5 Å². The molecule has 0 saturated heterocycles. The van der Waals surface area contributed by atoms with Crippen molar-refractivity contribution in [2.45, 2.75) is 20.3 Å². The summed E-state index contributed by atoms with van der Waals surface area (Å²) in [6, 6.07) is 17.1. The van der Waals surface area contributed by atoms with E-state index in [1.165, 1.54) is 4.52 Å². The number of carbonyl (C=O) groups excluding carboxylic acids is 1. The molecule has 33 heavy (non-hydrogen) atoms. The van der Waals surface area contributed by atoms with Gasteiger partial charge in [-0.3, -0.25) is 14.2 Å². The van der Waals surface area contributed by atoms with Crippen LogP contribution in [-0.2, 0) is 6.42 Å². The van der Waals surface area contributed by atoms with Crippen molar-refractivity contribution in [2.24, 2.45) is 5.73 Å². The molecule has 0 radical (unpaired) electrons. The number of aryl methyl sites for hydroxylation is 2. The van der Waals surface area contributed by atoms with E-state index in [1.807, 2.05) is 62.4 Å². The average molecular weight is 441 g/mol. The molecule has 0 aliphatic carbocycles. The zero-order chi connectivity index (χ0) is 23.5. The number of benzene rings is 2. The maximum atomic E-state index is 12.8. The molecule has 2 aromatic carbocycles. The van der Waals surface area contributed by atoms with E-state index in [-0.39, 0.29) is 16.9 Å². The predicted octanol–water partition coefficient (Wildman–Crippen LogP) is 2.67. The highest BCUT2D eigenvalue weighted by atomic mass is 16.1. The van der Waals surface area contributed by atoms with Gasteiger partial charge in [0.15, 0.2) is 11.5 Å². The quantitative estimate of drug-likeness (QED) is 0.442. The van der Waals surface area contributed by atoms with Crippen molar-refractivity contribution >= 4 is 28.3 Å². The number of amides is 1. The van der Waals surface area contributed by atoms with Crippen LogP contribution in [0.3, 0.4) is 0 Å². The van der Waals surface area contributed by atoms with Crippen molar-refractivity contribution in [2.75, 3.05) is 5.73 Å². The minimum atomic E-state index is -0.619. The highest BCUT2D eigenvalue weighted by Crippen LogP contribution is 2.16. The predicted molar refractivity (Wildman–Crippen MR) is 127 cm³/mol. The lowest BCUT2D eigenvalue weighted by atomic mass is 10.1. The summed E-state index contributed by atoms with van der Waals surface area (Å²) in [5, 5.41) is 4.54. The van der Waals surface area contributed by atoms with Crippen LogP contribution in [0.25, 0.3) is 22.2 Å². The van der Waals surface area contributed by atoms with Gasteiger partial charge in [-0.2, -0.15) is 0 Å². The van der Waals surface area contributed by atoms with Gasteiger partial charge in [0.25, 0.3) is 11.5 Å². The van der Waals surface area contributed by atoms with Crippen LogP contribution in [0.1, 0.15) is 28.7 Å². The van der Waals surface area contributed by atoms with Crippen molar-refractivity contribution in [1.82, 2.24) is 24.1 Å². The van der Waals surface area contributed by atoms with Gasteiger partial charge in [0, 0.05) is 18.8 Å². The van der Waals surface area contributed by atoms with E-state index in [9.17, 15) is 9.59 Å². The molecule has 3 heterocycles. The number of aromatic nitrogens is 5. The topological polar surface area (TPSA) is 134 Å². The molecule has 0 fully saturated rings. The molecule has 0 atom stereocenters. The van der Waals surface area contributed by atoms with Crippen molar-refractivity contribution < 1.29 is 4.79 Å². The van der Waals surface area contributed by atoms with Crippen LogP contribution in [0.5, 0.6) is 0 Å². The van der Waals surface area contributed by atoms with Crippen LogP contribution in [0.15, 0.2) is 71.8 Å². The lowest BCUT2D eigenvalue weighted by molar-refractivity contribution is 0.100. The van der Waals surface area contributed by atoms with Crippen LogP contribution < -0.4 is 17.0 Å². The summed E-state index contributed by atoms with van der Waals surface area (Å²) in [6.07, 6.45) is 3.91. The minimum Gasteiger partial charge on any atom is -0.381 e. The number of nitrogen functional groups attached to an aromatic ring is 1. The average Bonchev–Trinajstić information content (AvgIpc) is 3.16. The number of primary amides is 1. The van der Waals surface area contributed by atoms with Crippen molar-refractivity contribution in [3.8, 4) is 5.69 Å². The summed E-state index contributed by atoms with van der Waals surface area (Å²) >= 11 is 0. The second-order valence-electron chi connectivity index (χ2n) is 7.34. The highest BCUT2D eigenvalue weighted by Gasteiger charge is 2.15. The lowest BCUT2D eigenvalue weighted by Gasteiger charge is -2.13. The van der Waals surface area contributed by atoms with Gasteiger partial charge in [-0.1, -0.05) is 37.3 Å². The summed E-state index contributed by atoms with van der Waals surface area (Å²) < 4.78 is 3.12. The van der Waals surface area contributed by atoms with E-state index < -0.39 is 5.91 Å². The SMILES string of the molecule is CCc1nc2c(C)cccc2c(=O)n1-c1ccccc1.NC(=O)c1c(N)nn2cccnc12.